The normalized spacial score (nSPS) is 12.3. The van der Waals surface area contributed by atoms with Crippen LogP contribution in [-0.4, -0.2) is 17.3 Å². The van der Waals surface area contributed by atoms with Crippen LogP contribution in [0.3, 0.4) is 0 Å². The molecule has 0 saturated heterocycles. The van der Waals surface area contributed by atoms with Crippen LogP contribution < -0.4 is 5.32 Å². The zero-order valence-electron chi connectivity index (χ0n) is 9.07. The van der Waals surface area contributed by atoms with Crippen LogP contribution in [0.1, 0.15) is 23.7 Å². The molecule has 0 fully saturated rings. The van der Waals surface area contributed by atoms with Gasteiger partial charge in [-0.15, -0.1) is 0 Å². The highest BCUT2D eigenvalue weighted by molar-refractivity contribution is 9.09. The minimum Gasteiger partial charge on any atom is -0.349 e. The summed E-state index contributed by atoms with van der Waals surface area (Å²) in [6.45, 7) is 1.71. The van der Waals surface area contributed by atoms with Gasteiger partial charge in [0.1, 0.15) is 23.0 Å². The third kappa shape index (κ3) is 3.73. The average Bonchev–Trinajstić information content (AvgIpc) is 2.15. The molecule has 0 saturated carbocycles. The average molecular weight is 310 g/mol. The second kappa shape index (κ2) is 6.05. The Bertz CT molecular complexity index is 402. The van der Waals surface area contributed by atoms with Crippen molar-refractivity contribution in [2.24, 2.45) is 0 Å². The van der Waals surface area contributed by atoms with Crippen LogP contribution in [0.15, 0.2) is 12.1 Å². The minimum atomic E-state index is -1.20. The van der Waals surface area contributed by atoms with Crippen molar-refractivity contribution in [3.05, 3.63) is 35.1 Å². The van der Waals surface area contributed by atoms with E-state index in [4.69, 9.17) is 0 Å². The maximum absolute atomic E-state index is 13.2. The van der Waals surface area contributed by atoms with Crippen LogP contribution in [-0.2, 0) is 0 Å². The summed E-state index contributed by atoms with van der Waals surface area (Å²) in [5.74, 6) is -4.34. The number of carbonyl (C=O) groups is 1. The molecule has 0 aliphatic rings. The predicted octanol–water partition coefficient (Wildman–Crippen LogP) is 3.01. The first-order valence-electron chi connectivity index (χ1n) is 4.97. The Hall–Kier alpha value is -1.04. The minimum absolute atomic E-state index is 0.231. The second-order valence-electron chi connectivity index (χ2n) is 3.60. The highest BCUT2D eigenvalue weighted by atomic mass is 79.9. The lowest BCUT2D eigenvalue weighted by molar-refractivity contribution is 0.0931. The van der Waals surface area contributed by atoms with Crippen molar-refractivity contribution in [1.29, 1.82) is 0 Å². The molecule has 6 heteroatoms. The first-order chi connectivity index (χ1) is 7.95. The van der Waals surface area contributed by atoms with Gasteiger partial charge in [0, 0.05) is 23.5 Å². The Morgan fingerprint density at radius 2 is 1.88 bits per heavy atom. The van der Waals surface area contributed by atoms with Gasteiger partial charge in [-0.25, -0.2) is 13.2 Å². The molecule has 17 heavy (non-hydrogen) atoms. The summed E-state index contributed by atoms with van der Waals surface area (Å²) in [5, 5.41) is 3.08. The number of hydrogen-bond donors (Lipinski definition) is 1. The van der Waals surface area contributed by atoms with Gasteiger partial charge in [0.15, 0.2) is 0 Å². The van der Waals surface area contributed by atoms with Gasteiger partial charge in [-0.2, -0.15) is 0 Å². The van der Waals surface area contributed by atoms with E-state index in [1.165, 1.54) is 0 Å². The molecule has 2 nitrogen and oxygen atoms in total. The molecular formula is C11H11BrF3NO. The van der Waals surface area contributed by atoms with Crippen LogP contribution in [0.5, 0.6) is 0 Å². The van der Waals surface area contributed by atoms with Crippen molar-refractivity contribution in [3.8, 4) is 0 Å². The number of alkyl halides is 1. The summed E-state index contributed by atoms with van der Waals surface area (Å²) in [7, 11) is 0. The molecule has 1 aromatic rings. The lowest BCUT2D eigenvalue weighted by atomic mass is 10.1. The molecule has 1 N–H and O–H groups in total. The first kappa shape index (κ1) is 14.0. The van der Waals surface area contributed by atoms with Crippen LogP contribution in [0.2, 0.25) is 0 Å². The lowest BCUT2D eigenvalue weighted by Crippen LogP contribution is -2.34. The summed E-state index contributed by atoms with van der Waals surface area (Å²) < 4.78 is 39.1. The summed E-state index contributed by atoms with van der Waals surface area (Å²) in [4.78, 5) is 11.6. The van der Waals surface area contributed by atoms with Gasteiger partial charge in [-0.05, 0) is 13.3 Å². The molecule has 0 aromatic heterocycles. The van der Waals surface area contributed by atoms with E-state index in [0.29, 0.717) is 23.9 Å². The third-order valence-electron chi connectivity index (χ3n) is 2.15. The molecular weight excluding hydrogens is 299 g/mol. The summed E-state index contributed by atoms with van der Waals surface area (Å²) >= 11 is 3.19. The Morgan fingerprint density at radius 1 is 1.35 bits per heavy atom. The van der Waals surface area contributed by atoms with E-state index in [-0.39, 0.29) is 6.04 Å². The fraction of sp³-hybridized carbons (Fsp3) is 0.364. The topological polar surface area (TPSA) is 29.1 Å². The monoisotopic (exact) mass is 309 g/mol. The zero-order valence-corrected chi connectivity index (χ0v) is 10.7. The molecule has 1 atom stereocenters. The number of amides is 1. The van der Waals surface area contributed by atoms with E-state index >= 15 is 0 Å². The SMILES string of the molecule is CC(CCBr)NC(=O)c1c(F)cc(F)cc1F. The molecule has 1 amide bonds. The van der Waals surface area contributed by atoms with Gasteiger partial charge in [0.25, 0.3) is 5.91 Å². The van der Waals surface area contributed by atoms with Crippen LogP contribution in [0.25, 0.3) is 0 Å². The van der Waals surface area contributed by atoms with Gasteiger partial charge in [-0.3, -0.25) is 4.79 Å². The number of benzene rings is 1. The van der Waals surface area contributed by atoms with E-state index in [1.807, 2.05) is 0 Å². The van der Waals surface area contributed by atoms with Crippen LogP contribution in [0.4, 0.5) is 13.2 Å². The molecule has 0 bridgehead atoms. The molecule has 94 valence electrons. The molecule has 0 spiro atoms. The number of hydrogen-bond acceptors (Lipinski definition) is 1. The fourth-order valence-electron chi connectivity index (χ4n) is 1.29. The Balaban J connectivity index is 2.89. The third-order valence-corrected chi connectivity index (χ3v) is 2.61. The quantitative estimate of drug-likeness (QED) is 0.851. The summed E-state index contributed by atoms with van der Waals surface area (Å²) in [5.41, 5.74) is -0.757. The van der Waals surface area contributed by atoms with Crippen molar-refractivity contribution in [2.75, 3.05) is 5.33 Å². The highest BCUT2D eigenvalue weighted by Crippen LogP contribution is 2.15. The van der Waals surface area contributed by atoms with E-state index in [2.05, 4.69) is 21.2 Å². The van der Waals surface area contributed by atoms with Gasteiger partial charge in [-0.1, -0.05) is 15.9 Å². The molecule has 1 aromatic carbocycles. The molecule has 1 unspecified atom stereocenters. The molecule has 0 radical (unpaired) electrons. The Labute approximate surface area is 105 Å². The Kier molecular flexibility index (Phi) is 4.99. The lowest BCUT2D eigenvalue weighted by Gasteiger charge is -2.13. The van der Waals surface area contributed by atoms with Gasteiger partial charge in [0.05, 0.1) is 0 Å². The molecule has 0 aliphatic heterocycles. The summed E-state index contributed by atoms with van der Waals surface area (Å²) in [6, 6.07) is 0.728. The standard InChI is InChI=1S/C11H11BrF3NO/c1-6(2-3-12)16-11(17)10-8(14)4-7(13)5-9(10)15/h4-6H,2-3H2,1H3,(H,16,17). The zero-order chi connectivity index (χ0) is 13.0. The van der Waals surface area contributed by atoms with Crippen molar-refractivity contribution >= 4 is 21.8 Å². The van der Waals surface area contributed by atoms with Crippen molar-refractivity contribution in [3.63, 3.8) is 0 Å². The highest BCUT2D eigenvalue weighted by Gasteiger charge is 2.20. The van der Waals surface area contributed by atoms with Crippen molar-refractivity contribution < 1.29 is 18.0 Å². The van der Waals surface area contributed by atoms with Gasteiger partial charge < -0.3 is 5.32 Å². The molecule has 1 rings (SSSR count). The van der Waals surface area contributed by atoms with Gasteiger partial charge >= 0.3 is 0 Å². The van der Waals surface area contributed by atoms with E-state index in [1.54, 1.807) is 6.92 Å². The molecule has 0 aliphatic carbocycles. The van der Waals surface area contributed by atoms with E-state index in [0.717, 1.165) is 0 Å². The number of nitrogens with one attached hydrogen (secondary N) is 1. The van der Waals surface area contributed by atoms with E-state index < -0.39 is 28.9 Å². The maximum atomic E-state index is 13.2. The Morgan fingerprint density at radius 3 is 2.35 bits per heavy atom. The van der Waals surface area contributed by atoms with E-state index in [9.17, 15) is 18.0 Å². The van der Waals surface area contributed by atoms with Gasteiger partial charge in [0.2, 0.25) is 0 Å². The fourth-order valence-corrected chi connectivity index (χ4v) is 1.98. The maximum Gasteiger partial charge on any atom is 0.257 e. The van der Waals surface area contributed by atoms with Crippen LogP contribution >= 0.6 is 15.9 Å². The predicted molar refractivity (Wildman–Crippen MR) is 61.7 cm³/mol. The van der Waals surface area contributed by atoms with Crippen LogP contribution in [0, 0.1) is 17.5 Å². The second-order valence-corrected chi connectivity index (χ2v) is 4.39. The number of halogens is 4. The largest absolute Gasteiger partial charge is 0.349 e. The van der Waals surface area contributed by atoms with Crippen molar-refractivity contribution in [1.82, 2.24) is 5.32 Å². The first-order valence-corrected chi connectivity index (χ1v) is 6.09. The van der Waals surface area contributed by atoms with Crippen molar-refractivity contribution in [2.45, 2.75) is 19.4 Å². The number of carbonyl (C=O) groups excluding carboxylic acids is 1. The number of rotatable bonds is 4. The smallest absolute Gasteiger partial charge is 0.257 e. The molecule has 0 heterocycles. The summed E-state index contributed by atoms with van der Waals surface area (Å²) in [6.07, 6.45) is 0.621.